The van der Waals surface area contributed by atoms with Gasteiger partial charge < -0.3 is 10.1 Å². The highest BCUT2D eigenvalue weighted by Gasteiger charge is 2.05. The van der Waals surface area contributed by atoms with Gasteiger partial charge in [0.05, 0.1) is 0 Å². The molecular weight excluding hydrogens is 270 g/mol. The normalized spacial score (nSPS) is 10.9. The van der Waals surface area contributed by atoms with Crippen LogP contribution in [0.1, 0.15) is 30.3 Å². The van der Waals surface area contributed by atoms with Crippen molar-refractivity contribution in [1.82, 2.24) is 15.5 Å². The van der Waals surface area contributed by atoms with Crippen LogP contribution in [0.25, 0.3) is 0 Å². The Labute approximate surface area is 124 Å². The van der Waals surface area contributed by atoms with E-state index >= 15 is 0 Å². The second-order valence-electron chi connectivity index (χ2n) is 4.90. The second kappa shape index (κ2) is 7.97. The van der Waals surface area contributed by atoms with Gasteiger partial charge >= 0.3 is 0 Å². The molecule has 0 atom stereocenters. The van der Waals surface area contributed by atoms with Crippen LogP contribution in [0.2, 0.25) is 0 Å². The quantitative estimate of drug-likeness (QED) is 0.759. The molecule has 0 aliphatic carbocycles. The van der Waals surface area contributed by atoms with E-state index in [9.17, 15) is 0 Å². The van der Waals surface area contributed by atoms with E-state index in [1.807, 2.05) is 30.3 Å². The molecule has 0 bridgehead atoms. The van der Waals surface area contributed by atoms with Gasteiger partial charge in [-0.3, -0.25) is 0 Å². The number of para-hydroxylation sites is 1. The summed E-state index contributed by atoms with van der Waals surface area (Å²) in [4.78, 5) is 0. The average Bonchev–Trinajstić information content (AvgIpc) is 2.90. The van der Waals surface area contributed by atoms with E-state index in [1.165, 1.54) is 0 Å². The molecule has 0 spiro atoms. The van der Waals surface area contributed by atoms with Gasteiger partial charge in [0.15, 0.2) is 5.01 Å². The van der Waals surface area contributed by atoms with Gasteiger partial charge in [-0.2, -0.15) is 0 Å². The Morgan fingerprint density at radius 1 is 1.15 bits per heavy atom. The fourth-order valence-electron chi connectivity index (χ4n) is 1.74. The van der Waals surface area contributed by atoms with Crippen molar-refractivity contribution >= 4 is 11.3 Å². The Morgan fingerprint density at radius 3 is 2.65 bits per heavy atom. The van der Waals surface area contributed by atoms with Gasteiger partial charge in [0.2, 0.25) is 0 Å². The molecule has 0 amide bonds. The topological polar surface area (TPSA) is 47.0 Å². The van der Waals surface area contributed by atoms with E-state index in [1.54, 1.807) is 11.3 Å². The van der Waals surface area contributed by atoms with E-state index in [4.69, 9.17) is 4.74 Å². The van der Waals surface area contributed by atoms with E-state index < -0.39 is 0 Å². The summed E-state index contributed by atoms with van der Waals surface area (Å²) < 4.78 is 5.66. The average molecular weight is 291 g/mol. The lowest BCUT2D eigenvalue weighted by atomic mass is 10.3. The van der Waals surface area contributed by atoms with Crippen LogP contribution in [0.5, 0.6) is 5.75 Å². The fraction of sp³-hybridized carbons (Fsp3) is 0.467. The maximum Gasteiger partial charge on any atom is 0.155 e. The van der Waals surface area contributed by atoms with Crippen LogP contribution in [-0.2, 0) is 13.0 Å². The van der Waals surface area contributed by atoms with Crippen molar-refractivity contribution in [2.45, 2.75) is 39.3 Å². The van der Waals surface area contributed by atoms with Crippen molar-refractivity contribution in [2.75, 3.05) is 6.54 Å². The minimum Gasteiger partial charge on any atom is -0.486 e. The number of benzene rings is 1. The van der Waals surface area contributed by atoms with E-state index in [-0.39, 0.29) is 0 Å². The standard InChI is InChI=1S/C15H21N3OS/c1-12(2)16-10-6-9-14-17-18-15(20-14)11-19-13-7-4-3-5-8-13/h3-5,7-8,12,16H,6,9-11H2,1-2H3. The third-order valence-electron chi connectivity index (χ3n) is 2.73. The number of ether oxygens (including phenoxy) is 1. The summed E-state index contributed by atoms with van der Waals surface area (Å²) in [5.74, 6) is 0.866. The van der Waals surface area contributed by atoms with Gasteiger partial charge in [-0.05, 0) is 25.1 Å². The van der Waals surface area contributed by atoms with Gasteiger partial charge in [-0.1, -0.05) is 43.4 Å². The number of nitrogens with one attached hydrogen (secondary N) is 1. The van der Waals surface area contributed by atoms with Gasteiger partial charge in [-0.25, -0.2) is 0 Å². The molecule has 1 N–H and O–H groups in total. The lowest BCUT2D eigenvalue weighted by Gasteiger charge is -2.05. The monoisotopic (exact) mass is 291 g/mol. The minimum atomic E-state index is 0.492. The van der Waals surface area contributed by atoms with Crippen molar-refractivity contribution in [3.05, 3.63) is 40.3 Å². The fourth-order valence-corrected chi connectivity index (χ4v) is 2.54. The summed E-state index contributed by atoms with van der Waals surface area (Å²) >= 11 is 1.64. The molecular formula is C15H21N3OS. The number of aromatic nitrogens is 2. The first-order chi connectivity index (χ1) is 9.74. The molecule has 0 radical (unpaired) electrons. The summed E-state index contributed by atoms with van der Waals surface area (Å²) in [7, 11) is 0. The van der Waals surface area contributed by atoms with Gasteiger partial charge in [0.25, 0.3) is 0 Å². The van der Waals surface area contributed by atoms with E-state index in [2.05, 4.69) is 29.4 Å². The van der Waals surface area contributed by atoms with Crippen molar-refractivity contribution in [3.63, 3.8) is 0 Å². The number of nitrogens with zero attached hydrogens (tertiary/aromatic N) is 2. The first-order valence-electron chi connectivity index (χ1n) is 6.96. The molecule has 0 aliphatic heterocycles. The molecule has 0 unspecified atom stereocenters. The van der Waals surface area contributed by atoms with Crippen molar-refractivity contribution in [3.8, 4) is 5.75 Å². The Kier molecular flexibility index (Phi) is 5.95. The van der Waals surface area contributed by atoms with Crippen LogP contribution in [0.3, 0.4) is 0 Å². The van der Waals surface area contributed by atoms with E-state index in [0.717, 1.165) is 35.2 Å². The summed E-state index contributed by atoms with van der Waals surface area (Å²) in [5, 5.41) is 13.8. The second-order valence-corrected chi connectivity index (χ2v) is 6.05. The molecule has 0 aliphatic rings. The zero-order chi connectivity index (χ0) is 14.2. The number of aryl methyl sites for hydroxylation is 1. The third-order valence-corrected chi connectivity index (χ3v) is 3.69. The van der Waals surface area contributed by atoms with Crippen molar-refractivity contribution in [2.24, 2.45) is 0 Å². The van der Waals surface area contributed by atoms with Crippen LogP contribution in [0, 0.1) is 0 Å². The van der Waals surface area contributed by atoms with E-state index in [0.29, 0.717) is 12.6 Å². The van der Waals surface area contributed by atoms with Gasteiger partial charge in [0.1, 0.15) is 17.4 Å². The highest BCUT2D eigenvalue weighted by molar-refractivity contribution is 7.11. The Hall–Kier alpha value is -1.46. The molecule has 1 heterocycles. The molecule has 1 aromatic carbocycles. The van der Waals surface area contributed by atoms with Crippen LogP contribution in [0.4, 0.5) is 0 Å². The first kappa shape index (κ1) is 14.9. The summed E-state index contributed by atoms with van der Waals surface area (Å²) in [6.07, 6.45) is 2.06. The Balaban J connectivity index is 1.72. The number of hydrogen-bond donors (Lipinski definition) is 1. The zero-order valence-corrected chi connectivity index (χ0v) is 12.8. The largest absolute Gasteiger partial charge is 0.486 e. The molecule has 2 rings (SSSR count). The lowest BCUT2D eigenvalue weighted by molar-refractivity contribution is 0.304. The van der Waals surface area contributed by atoms with Gasteiger partial charge in [-0.15, -0.1) is 10.2 Å². The smallest absolute Gasteiger partial charge is 0.155 e. The predicted molar refractivity (Wildman–Crippen MR) is 82.1 cm³/mol. The lowest BCUT2D eigenvalue weighted by Crippen LogP contribution is -2.23. The third kappa shape index (κ3) is 5.27. The van der Waals surface area contributed by atoms with Crippen LogP contribution in [0.15, 0.2) is 30.3 Å². The van der Waals surface area contributed by atoms with Crippen LogP contribution in [-0.4, -0.2) is 22.8 Å². The van der Waals surface area contributed by atoms with Crippen LogP contribution >= 0.6 is 11.3 Å². The molecule has 1 aromatic heterocycles. The SMILES string of the molecule is CC(C)NCCCc1nnc(COc2ccccc2)s1. The minimum absolute atomic E-state index is 0.492. The molecule has 108 valence electrons. The van der Waals surface area contributed by atoms with Crippen molar-refractivity contribution < 1.29 is 4.74 Å². The maximum atomic E-state index is 5.66. The zero-order valence-electron chi connectivity index (χ0n) is 12.0. The predicted octanol–water partition coefficient (Wildman–Crippen LogP) is 3.05. The molecule has 0 saturated heterocycles. The summed E-state index contributed by atoms with van der Waals surface area (Å²) in [6, 6.07) is 10.3. The molecule has 5 heteroatoms. The number of rotatable bonds is 8. The van der Waals surface area contributed by atoms with Crippen LogP contribution < -0.4 is 10.1 Å². The Bertz CT molecular complexity index is 499. The molecule has 20 heavy (non-hydrogen) atoms. The number of hydrogen-bond acceptors (Lipinski definition) is 5. The maximum absolute atomic E-state index is 5.66. The molecule has 4 nitrogen and oxygen atoms in total. The molecule has 0 saturated carbocycles. The molecule has 2 aromatic rings. The van der Waals surface area contributed by atoms with Crippen molar-refractivity contribution in [1.29, 1.82) is 0 Å². The highest BCUT2D eigenvalue weighted by Crippen LogP contribution is 2.15. The van der Waals surface area contributed by atoms with Gasteiger partial charge in [0, 0.05) is 12.5 Å². The highest BCUT2D eigenvalue weighted by atomic mass is 32.1. The summed E-state index contributed by atoms with van der Waals surface area (Å²) in [5.41, 5.74) is 0. The first-order valence-corrected chi connectivity index (χ1v) is 7.78. The summed E-state index contributed by atoms with van der Waals surface area (Å²) in [6.45, 7) is 5.83. The molecule has 0 fully saturated rings. The Morgan fingerprint density at radius 2 is 1.90 bits per heavy atom.